The van der Waals surface area contributed by atoms with Gasteiger partial charge in [-0.2, -0.15) is 0 Å². The molecule has 0 bridgehead atoms. The fourth-order valence-corrected chi connectivity index (χ4v) is 7.59. The Kier molecular flexibility index (Phi) is 4.44. The van der Waals surface area contributed by atoms with Crippen LogP contribution in [-0.4, -0.2) is 17.9 Å². The lowest BCUT2D eigenvalue weighted by molar-refractivity contribution is -0.148. The molecule has 2 fully saturated rings. The Hall–Kier alpha value is -1.38. The Morgan fingerprint density at radius 3 is 2.41 bits per heavy atom. The molecular weight excluding hydrogens is 336 g/mol. The van der Waals surface area contributed by atoms with Gasteiger partial charge in [0.15, 0.2) is 5.78 Å². The molecule has 4 aliphatic carbocycles. The predicted octanol–water partition coefficient (Wildman–Crippen LogP) is 5.40. The molecule has 0 N–H and O–H groups in total. The second kappa shape index (κ2) is 6.32. The minimum absolute atomic E-state index is 0.0620. The van der Waals surface area contributed by atoms with E-state index < -0.39 is 0 Å². The lowest BCUT2D eigenvalue weighted by atomic mass is 9.47. The zero-order valence-corrected chi connectivity index (χ0v) is 17.6. The van der Waals surface area contributed by atoms with Gasteiger partial charge in [-0.05, 0) is 86.5 Å². The largest absolute Gasteiger partial charge is 0.462 e. The molecule has 0 unspecified atom stereocenters. The van der Waals surface area contributed by atoms with E-state index in [1.54, 1.807) is 6.92 Å². The fraction of sp³-hybridized carbons (Fsp3) is 0.750. The van der Waals surface area contributed by atoms with Crippen LogP contribution < -0.4 is 0 Å². The van der Waals surface area contributed by atoms with Gasteiger partial charge in [0.2, 0.25) is 0 Å². The molecule has 0 spiro atoms. The Labute approximate surface area is 163 Å². The molecule has 4 rings (SSSR count). The average molecular weight is 371 g/mol. The van der Waals surface area contributed by atoms with E-state index in [-0.39, 0.29) is 28.7 Å². The summed E-state index contributed by atoms with van der Waals surface area (Å²) in [6.45, 7) is 10.3. The minimum Gasteiger partial charge on any atom is -0.462 e. The van der Waals surface area contributed by atoms with Crippen LogP contribution in [-0.2, 0) is 14.3 Å². The molecule has 0 aliphatic heterocycles. The second-order valence-corrected chi connectivity index (χ2v) is 10.1. The van der Waals surface area contributed by atoms with Crippen LogP contribution in [0.1, 0.15) is 79.6 Å². The zero-order valence-electron chi connectivity index (χ0n) is 17.6. The first-order valence-electron chi connectivity index (χ1n) is 10.7. The number of allylic oxidation sites excluding steroid dienone is 3. The number of ether oxygens (including phenoxy) is 1. The van der Waals surface area contributed by atoms with E-state index in [2.05, 4.69) is 26.8 Å². The van der Waals surface area contributed by atoms with E-state index >= 15 is 0 Å². The molecule has 6 atom stereocenters. The summed E-state index contributed by atoms with van der Waals surface area (Å²) >= 11 is 0. The fourth-order valence-electron chi connectivity index (χ4n) is 7.59. The van der Waals surface area contributed by atoms with Gasteiger partial charge < -0.3 is 4.74 Å². The monoisotopic (exact) mass is 370 g/mol. The molecule has 0 radical (unpaired) electrons. The van der Waals surface area contributed by atoms with Gasteiger partial charge in [0.1, 0.15) is 6.10 Å². The molecule has 3 nitrogen and oxygen atoms in total. The summed E-state index contributed by atoms with van der Waals surface area (Å²) in [6, 6.07) is 0. The highest BCUT2D eigenvalue weighted by atomic mass is 16.5. The highest BCUT2D eigenvalue weighted by Crippen LogP contribution is 2.66. The molecule has 148 valence electrons. The number of rotatable bonds is 2. The van der Waals surface area contributed by atoms with E-state index in [1.807, 2.05) is 0 Å². The second-order valence-electron chi connectivity index (χ2n) is 10.1. The lowest BCUT2D eigenvalue weighted by Crippen LogP contribution is -2.50. The van der Waals surface area contributed by atoms with E-state index in [0.29, 0.717) is 17.8 Å². The molecule has 3 heteroatoms. The van der Waals surface area contributed by atoms with Crippen molar-refractivity contribution in [2.45, 2.75) is 85.7 Å². The first-order chi connectivity index (χ1) is 12.7. The number of esters is 1. The maximum atomic E-state index is 12.4. The summed E-state index contributed by atoms with van der Waals surface area (Å²) in [5.41, 5.74) is 4.33. The van der Waals surface area contributed by atoms with Gasteiger partial charge in [-0.25, -0.2) is 0 Å². The highest BCUT2D eigenvalue weighted by molar-refractivity contribution is 5.96. The molecule has 27 heavy (non-hydrogen) atoms. The Balaban J connectivity index is 1.62. The minimum atomic E-state index is -0.157. The molecule has 0 aromatic heterocycles. The third-order valence-electron chi connectivity index (χ3n) is 8.66. The third-order valence-corrected chi connectivity index (χ3v) is 8.66. The smallest absolute Gasteiger partial charge is 0.302 e. The van der Waals surface area contributed by atoms with Crippen LogP contribution in [0.3, 0.4) is 0 Å². The number of fused-ring (bicyclic) bond motifs is 5. The molecule has 0 amide bonds. The Morgan fingerprint density at radius 2 is 1.74 bits per heavy atom. The molecular formula is C24H34O3. The van der Waals surface area contributed by atoms with Crippen molar-refractivity contribution < 1.29 is 14.3 Å². The summed E-state index contributed by atoms with van der Waals surface area (Å²) in [7, 11) is 0. The van der Waals surface area contributed by atoms with Gasteiger partial charge in [-0.1, -0.05) is 31.1 Å². The van der Waals surface area contributed by atoms with Crippen molar-refractivity contribution >= 4 is 11.8 Å². The van der Waals surface area contributed by atoms with Crippen LogP contribution in [0.2, 0.25) is 0 Å². The average Bonchev–Trinajstić information content (AvgIpc) is 2.85. The van der Waals surface area contributed by atoms with E-state index in [0.717, 1.165) is 44.1 Å². The van der Waals surface area contributed by atoms with E-state index in [1.165, 1.54) is 24.5 Å². The van der Waals surface area contributed by atoms with Crippen LogP contribution in [0.5, 0.6) is 0 Å². The quantitative estimate of drug-likeness (QED) is 0.483. The summed E-state index contributed by atoms with van der Waals surface area (Å²) in [5, 5.41) is 0. The maximum absolute atomic E-state index is 12.4. The topological polar surface area (TPSA) is 43.4 Å². The van der Waals surface area contributed by atoms with Gasteiger partial charge in [0.25, 0.3) is 0 Å². The standard InChI is InChI=1S/C24H34O3/c1-14-12-21-19-7-6-17-13-18(27-16(3)26)8-10-23(17,4)20(19)9-11-24(21,5)22(14)15(2)25/h6,18-21H,7-13H2,1-5H3/t18-,19+,20-,21-,23-,24-/m0/s1. The lowest BCUT2D eigenvalue weighted by Gasteiger charge is -2.57. The predicted molar refractivity (Wildman–Crippen MR) is 106 cm³/mol. The summed E-state index contributed by atoms with van der Waals surface area (Å²) in [4.78, 5) is 23.8. The van der Waals surface area contributed by atoms with E-state index in [4.69, 9.17) is 4.74 Å². The number of carbonyl (C=O) groups excluding carboxylic acids is 2. The maximum Gasteiger partial charge on any atom is 0.302 e. The van der Waals surface area contributed by atoms with E-state index in [9.17, 15) is 9.59 Å². The number of hydrogen-bond acceptors (Lipinski definition) is 3. The van der Waals surface area contributed by atoms with Crippen LogP contribution in [0.15, 0.2) is 22.8 Å². The van der Waals surface area contributed by atoms with Gasteiger partial charge in [-0.3, -0.25) is 9.59 Å². The van der Waals surface area contributed by atoms with Crippen molar-refractivity contribution in [3.05, 3.63) is 22.8 Å². The highest BCUT2D eigenvalue weighted by Gasteiger charge is 2.58. The SMILES string of the molecule is CC(=O)O[C@H]1CC[C@@]2(C)C(=CC[C@@H]3[C@@H]2CC[C@]2(C)C(C(C)=O)=C(C)C[C@@H]32)C1. The van der Waals surface area contributed by atoms with Crippen LogP contribution >= 0.6 is 0 Å². The van der Waals surface area contributed by atoms with Crippen LogP contribution in [0.25, 0.3) is 0 Å². The van der Waals surface area contributed by atoms with Crippen molar-refractivity contribution in [3.63, 3.8) is 0 Å². The number of hydrogen-bond donors (Lipinski definition) is 0. The third kappa shape index (κ3) is 2.76. The first kappa shape index (κ1) is 19.0. The first-order valence-corrected chi connectivity index (χ1v) is 10.7. The Bertz CT molecular complexity index is 745. The number of ketones is 1. The normalized spacial score (nSPS) is 43.4. The van der Waals surface area contributed by atoms with Gasteiger partial charge in [0, 0.05) is 13.3 Å². The molecule has 2 saturated carbocycles. The van der Waals surface area contributed by atoms with Crippen LogP contribution in [0.4, 0.5) is 0 Å². The molecule has 0 heterocycles. The number of carbonyl (C=O) groups is 2. The summed E-state index contributed by atoms with van der Waals surface area (Å²) in [6.07, 6.45) is 10.1. The van der Waals surface area contributed by atoms with Crippen molar-refractivity contribution in [2.75, 3.05) is 0 Å². The van der Waals surface area contributed by atoms with Gasteiger partial charge >= 0.3 is 5.97 Å². The molecule has 0 aromatic carbocycles. The summed E-state index contributed by atoms with van der Waals surface area (Å²) in [5.74, 6) is 2.12. The molecule has 0 aromatic rings. The van der Waals surface area contributed by atoms with Crippen molar-refractivity contribution in [1.29, 1.82) is 0 Å². The van der Waals surface area contributed by atoms with Crippen molar-refractivity contribution in [1.82, 2.24) is 0 Å². The van der Waals surface area contributed by atoms with Crippen molar-refractivity contribution in [3.8, 4) is 0 Å². The van der Waals surface area contributed by atoms with Gasteiger partial charge in [0.05, 0.1) is 0 Å². The summed E-state index contributed by atoms with van der Waals surface area (Å²) < 4.78 is 5.54. The molecule has 0 saturated heterocycles. The van der Waals surface area contributed by atoms with Gasteiger partial charge in [-0.15, -0.1) is 0 Å². The van der Waals surface area contributed by atoms with Crippen molar-refractivity contribution in [2.24, 2.45) is 28.6 Å². The van der Waals surface area contributed by atoms with Crippen LogP contribution in [0, 0.1) is 28.6 Å². The Morgan fingerprint density at radius 1 is 1.04 bits per heavy atom. The molecule has 4 aliphatic rings. The number of Topliss-reactive ketones (excluding diaryl/α,β-unsaturated/α-hetero) is 1. The zero-order chi connectivity index (χ0) is 19.6.